The summed E-state index contributed by atoms with van der Waals surface area (Å²) in [6.07, 6.45) is 66.2. The number of nitrogens with zero attached hydrogens (tertiary/aromatic N) is 1. The molecule has 1 aromatic rings. The van der Waals surface area contributed by atoms with Gasteiger partial charge < -0.3 is 16.4 Å². The molecule has 0 aliphatic heterocycles. The normalized spacial score (nSPS) is 13.8. The Bertz CT molecular complexity index is 1590. The molecule has 326 valence electrons. The average molecular weight is 817 g/mol. The maximum Gasteiger partial charge on any atom is 0.246 e. The SMILES string of the molecule is CCC=CCC=CCC=CCC=CCC=CCC=CCC(CCCC[C@H](NC(=O)CCC/C=C\C/C=C\C/C=C\C/C=C\C/C=C\CC)C(=O)Nc1ccncc1)C(N)=O. The lowest BCUT2D eigenvalue weighted by atomic mass is 9.95. The zero-order chi connectivity index (χ0) is 43.4. The van der Waals surface area contributed by atoms with Gasteiger partial charge in [-0.05, 0) is 115 Å². The van der Waals surface area contributed by atoms with Crippen LogP contribution in [0.3, 0.4) is 0 Å². The molecule has 7 heteroatoms. The summed E-state index contributed by atoms with van der Waals surface area (Å²) in [5.74, 6) is -1.01. The number of primary amides is 1. The van der Waals surface area contributed by atoms with Gasteiger partial charge in [0.2, 0.25) is 17.7 Å². The molecule has 3 amide bonds. The molecule has 60 heavy (non-hydrogen) atoms. The van der Waals surface area contributed by atoms with Gasteiger partial charge in [0.25, 0.3) is 0 Å². The second kappa shape index (κ2) is 40.5. The lowest BCUT2D eigenvalue weighted by Crippen LogP contribution is -2.43. The summed E-state index contributed by atoms with van der Waals surface area (Å²) in [4.78, 5) is 42.4. The molecule has 0 fully saturated rings. The zero-order valence-electron chi connectivity index (χ0n) is 36.9. The van der Waals surface area contributed by atoms with Crippen molar-refractivity contribution in [2.45, 2.75) is 142 Å². The number of nitrogens with two attached hydrogens (primary N) is 1. The maximum absolute atomic E-state index is 13.2. The number of amides is 3. The molecule has 7 nitrogen and oxygen atoms in total. The number of hydrogen-bond donors (Lipinski definition) is 3. The lowest BCUT2D eigenvalue weighted by molar-refractivity contribution is -0.126. The van der Waals surface area contributed by atoms with Crippen LogP contribution in [0.1, 0.15) is 136 Å². The van der Waals surface area contributed by atoms with Gasteiger partial charge >= 0.3 is 0 Å². The number of nitrogens with one attached hydrogen (secondary N) is 2. The van der Waals surface area contributed by atoms with E-state index in [0.717, 1.165) is 83.5 Å². The molecule has 0 bridgehead atoms. The highest BCUT2D eigenvalue weighted by Gasteiger charge is 2.21. The zero-order valence-corrected chi connectivity index (χ0v) is 36.9. The monoisotopic (exact) mass is 817 g/mol. The third kappa shape index (κ3) is 33.6. The molecule has 1 heterocycles. The van der Waals surface area contributed by atoms with Crippen molar-refractivity contribution in [3.63, 3.8) is 0 Å². The number of rotatable bonds is 35. The lowest BCUT2D eigenvalue weighted by Gasteiger charge is -2.19. The molecule has 2 atom stereocenters. The van der Waals surface area contributed by atoms with Crippen molar-refractivity contribution < 1.29 is 14.4 Å². The van der Waals surface area contributed by atoms with Crippen molar-refractivity contribution in [1.82, 2.24) is 10.3 Å². The predicted molar refractivity (Wildman–Crippen MR) is 257 cm³/mol. The second-order valence-electron chi connectivity index (χ2n) is 14.5. The van der Waals surface area contributed by atoms with Crippen LogP contribution in [0.25, 0.3) is 0 Å². The summed E-state index contributed by atoms with van der Waals surface area (Å²) in [5, 5.41) is 5.85. The number of allylic oxidation sites excluding steroid dienone is 22. The predicted octanol–water partition coefficient (Wildman–Crippen LogP) is 13.2. The fourth-order valence-electron chi connectivity index (χ4n) is 5.85. The third-order valence-electron chi connectivity index (χ3n) is 9.25. The van der Waals surface area contributed by atoms with E-state index in [1.807, 2.05) is 6.08 Å². The standard InChI is InChI=1S/C53H76N4O3/c1-3-5-7-9-11-13-15-17-19-21-23-24-26-28-30-32-34-36-40-48(52(54)59)41-38-39-42-50(53(60)56-49-44-46-55-47-45-49)57-51(58)43-37-35-33-31-29-27-25-22-20-18-16-14-12-10-8-6-4-2/h5-8,11-14,17-20,23-25,27-28,30-31,33-34,36,44-48,50H,3-4,9-10,15-16,21-22,26,29,32,35,37-43H2,1-2H3,(H2,54,59)(H,57,58)(H,55,56,60)/b7-5?,8-6-,13-11?,14-12-,19-17?,20-18-,24-23?,27-25-,30-28?,33-31-,36-34?/t48?,50-/m0/s1. The fourth-order valence-corrected chi connectivity index (χ4v) is 5.85. The van der Waals surface area contributed by atoms with Gasteiger partial charge in [-0.2, -0.15) is 0 Å². The van der Waals surface area contributed by atoms with Crippen molar-refractivity contribution in [2.24, 2.45) is 11.7 Å². The van der Waals surface area contributed by atoms with Gasteiger partial charge in [-0.15, -0.1) is 0 Å². The molecule has 1 rings (SSSR count). The van der Waals surface area contributed by atoms with E-state index in [2.05, 4.69) is 157 Å². The largest absolute Gasteiger partial charge is 0.369 e. The van der Waals surface area contributed by atoms with Gasteiger partial charge in [-0.25, -0.2) is 0 Å². The molecular weight excluding hydrogens is 741 g/mol. The number of unbranched alkanes of at least 4 members (excludes halogenated alkanes) is 2. The number of carbonyl (C=O) groups excluding carboxylic acids is 3. The summed E-state index contributed by atoms with van der Waals surface area (Å²) in [6.45, 7) is 4.29. The quantitative estimate of drug-likeness (QED) is 0.0467. The Balaban J connectivity index is 2.41. The van der Waals surface area contributed by atoms with Crippen LogP contribution in [0.15, 0.2) is 158 Å². The van der Waals surface area contributed by atoms with Crippen LogP contribution in [-0.2, 0) is 14.4 Å². The first kappa shape index (κ1) is 52.7. The van der Waals surface area contributed by atoms with E-state index < -0.39 is 6.04 Å². The Hall–Kier alpha value is -5.30. The molecule has 4 N–H and O–H groups in total. The number of anilines is 1. The van der Waals surface area contributed by atoms with E-state index in [1.165, 1.54) is 0 Å². The van der Waals surface area contributed by atoms with E-state index in [4.69, 9.17) is 5.73 Å². The van der Waals surface area contributed by atoms with Crippen molar-refractivity contribution in [3.8, 4) is 0 Å². The van der Waals surface area contributed by atoms with Crippen LogP contribution in [0.2, 0.25) is 0 Å². The Morgan fingerprint density at radius 2 is 0.950 bits per heavy atom. The van der Waals surface area contributed by atoms with E-state index in [9.17, 15) is 14.4 Å². The van der Waals surface area contributed by atoms with Crippen LogP contribution in [0.5, 0.6) is 0 Å². The van der Waals surface area contributed by atoms with Crippen LogP contribution < -0.4 is 16.4 Å². The minimum atomic E-state index is -0.685. The van der Waals surface area contributed by atoms with Gasteiger partial charge in [0, 0.05) is 30.4 Å². The Morgan fingerprint density at radius 1 is 0.550 bits per heavy atom. The number of hydrogen-bond acceptors (Lipinski definition) is 4. The van der Waals surface area contributed by atoms with E-state index in [0.29, 0.717) is 44.2 Å². The van der Waals surface area contributed by atoms with Gasteiger partial charge in [0.15, 0.2) is 0 Å². The minimum Gasteiger partial charge on any atom is -0.369 e. The molecule has 0 aromatic carbocycles. The average Bonchev–Trinajstić information content (AvgIpc) is 3.24. The fraction of sp³-hybridized carbons (Fsp3) is 0.434. The van der Waals surface area contributed by atoms with E-state index in [1.54, 1.807) is 24.5 Å². The first-order valence-corrected chi connectivity index (χ1v) is 22.4. The van der Waals surface area contributed by atoms with Crippen LogP contribution in [0, 0.1) is 5.92 Å². The highest BCUT2D eigenvalue weighted by molar-refractivity contribution is 5.97. The van der Waals surface area contributed by atoms with Gasteiger partial charge in [0.05, 0.1) is 0 Å². The van der Waals surface area contributed by atoms with Crippen LogP contribution >= 0.6 is 0 Å². The summed E-state index contributed by atoms with van der Waals surface area (Å²) >= 11 is 0. The minimum absolute atomic E-state index is 0.148. The highest BCUT2D eigenvalue weighted by Crippen LogP contribution is 2.16. The number of pyridine rings is 1. The van der Waals surface area contributed by atoms with Gasteiger partial charge in [-0.1, -0.05) is 160 Å². The van der Waals surface area contributed by atoms with E-state index >= 15 is 0 Å². The van der Waals surface area contributed by atoms with Crippen LogP contribution in [0.4, 0.5) is 5.69 Å². The van der Waals surface area contributed by atoms with Crippen molar-refractivity contribution in [2.75, 3.05) is 5.32 Å². The Kier molecular flexibility index (Phi) is 35.6. The molecule has 0 saturated carbocycles. The molecule has 0 saturated heterocycles. The maximum atomic E-state index is 13.2. The smallest absolute Gasteiger partial charge is 0.246 e. The van der Waals surface area contributed by atoms with Gasteiger partial charge in [0.1, 0.15) is 6.04 Å². The van der Waals surface area contributed by atoms with Crippen LogP contribution in [-0.4, -0.2) is 28.7 Å². The summed E-state index contributed by atoms with van der Waals surface area (Å²) in [7, 11) is 0. The number of aromatic nitrogens is 1. The molecule has 0 aliphatic rings. The summed E-state index contributed by atoms with van der Waals surface area (Å²) in [6, 6.07) is 2.75. The molecule has 0 aliphatic carbocycles. The Morgan fingerprint density at radius 3 is 1.38 bits per heavy atom. The van der Waals surface area contributed by atoms with Gasteiger partial charge in [-0.3, -0.25) is 19.4 Å². The molecular formula is C53H76N4O3. The first-order chi connectivity index (χ1) is 29.5. The third-order valence-corrected chi connectivity index (χ3v) is 9.25. The second-order valence-corrected chi connectivity index (χ2v) is 14.5. The molecule has 0 radical (unpaired) electrons. The van der Waals surface area contributed by atoms with Crippen molar-refractivity contribution in [1.29, 1.82) is 0 Å². The topological polar surface area (TPSA) is 114 Å². The van der Waals surface area contributed by atoms with Crippen molar-refractivity contribution in [3.05, 3.63) is 158 Å². The molecule has 1 unspecified atom stereocenters. The summed E-state index contributed by atoms with van der Waals surface area (Å²) in [5.41, 5.74) is 6.37. The van der Waals surface area contributed by atoms with Crippen molar-refractivity contribution >= 4 is 23.4 Å². The first-order valence-electron chi connectivity index (χ1n) is 22.4. The number of carbonyl (C=O) groups is 3. The molecule has 0 spiro atoms. The Labute approximate surface area is 364 Å². The highest BCUT2D eigenvalue weighted by atomic mass is 16.2. The summed E-state index contributed by atoms with van der Waals surface area (Å²) < 4.78 is 0. The van der Waals surface area contributed by atoms with E-state index in [-0.39, 0.29) is 23.6 Å². The molecule has 1 aromatic heterocycles.